The van der Waals surface area contributed by atoms with E-state index in [0.717, 1.165) is 16.3 Å². The van der Waals surface area contributed by atoms with E-state index in [2.05, 4.69) is 19.2 Å². The van der Waals surface area contributed by atoms with Crippen molar-refractivity contribution in [1.29, 1.82) is 0 Å². The third-order valence-electron chi connectivity index (χ3n) is 7.14. The molecule has 0 heterocycles. The second-order valence-corrected chi connectivity index (χ2v) is 12.7. The average Bonchev–Trinajstić information content (AvgIpc) is 2.97. The zero-order valence-electron chi connectivity index (χ0n) is 24.4. The number of nitrogens with one attached hydrogen (secondary N) is 1. The maximum absolute atomic E-state index is 14.2. The minimum Gasteiger partial charge on any atom is -0.352 e. The molecule has 0 spiro atoms. The predicted molar refractivity (Wildman–Crippen MR) is 165 cm³/mol. The maximum atomic E-state index is 14.2. The van der Waals surface area contributed by atoms with Gasteiger partial charge in [0.25, 0.3) is 10.0 Å². The van der Waals surface area contributed by atoms with Crippen molar-refractivity contribution in [3.8, 4) is 0 Å². The number of hydrogen-bond donors (Lipinski definition) is 1. The second-order valence-electron chi connectivity index (χ2n) is 10.4. The van der Waals surface area contributed by atoms with Gasteiger partial charge < -0.3 is 10.2 Å². The van der Waals surface area contributed by atoms with Crippen molar-refractivity contribution in [3.05, 3.63) is 95.0 Å². The summed E-state index contributed by atoms with van der Waals surface area (Å²) in [6, 6.07) is 21.4. The minimum atomic E-state index is -4.11. The minimum absolute atomic E-state index is 0.0520. The Kier molecular flexibility index (Phi) is 11.4. The number of amides is 2. The zero-order valence-corrected chi connectivity index (χ0v) is 26.0. The van der Waals surface area contributed by atoms with Crippen LogP contribution in [0.25, 0.3) is 0 Å². The van der Waals surface area contributed by atoms with E-state index in [1.54, 1.807) is 48.5 Å². The highest BCUT2D eigenvalue weighted by atomic mass is 35.5. The van der Waals surface area contributed by atoms with Gasteiger partial charge in [-0.15, -0.1) is 0 Å². The van der Waals surface area contributed by atoms with Gasteiger partial charge in [-0.2, -0.15) is 0 Å². The smallest absolute Gasteiger partial charge is 0.264 e. The molecule has 0 saturated heterocycles. The fourth-order valence-electron chi connectivity index (χ4n) is 4.44. The van der Waals surface area contributed by atoms with Crippen LogP contribution in [0.5, 0.6) is 0 Å². The first kappa shape index (κ1) is 32.2. The molecule has 3 aromatic rings. The highest BCUT2D eigenvalue weighted by Gasteiger charge is 2.34. The molecule has 0 aliphatic carbocycles. The summed E-state index contributed by atoms with van der Waals surface area (Å²) >= 11 is 6.46. The molecule has 2 amide bonds. The van der Waals surface area contributed by atoms with Crippen molar-refractivity contribution < 1.29 is 18.0 Å². The highest BCUT2D eigenvalue weighted by Crippen LogP contribution is 2.27. The molecular weight excluding hydrogens is 558 g/mol. The molecule has 0 fully saturated rings. The van der Waals surface area contributed by atoms with E-state index in [9.17, 15) is 18.0 Å². The van der Waals surface area contributed by atoms with E-state index in [0.29, 0.717) is 22.7 Å². The lowest BCUT2D eigenvalue weighted by Gasteiger charge is -2.34. The van der Waals surface area contributed by atoms with Gasteiger partial charge in [0.2, 0.25) is 11.8 Å². The number of carbonyl (C=O) groups is 2. The first-order valence-electron chi connectivity index (χ1n) is 14.0. The molecule has 7 nitrogen and oxygen atoms in total. The number of anilines is 1. The van der Waals surface area contributed by atoms with Crippen LogP contribution in [-0.4, -0.2) is 43.8 Å². The van der Waals surface area contributed by atoms with Gasteiger partial charge in [0, 0.05) is 17.6 Å². The summed E-state index contributed by atoms with van der Waals surface area (Å²) in [6.07, 6.45) is 1.07. The third kappa shape index (κ3) is 8.11. The van der Waals surface area contributed by atoms with Gasteiger partial charge >= 0.3 is 0 Å². The molecule has 3 aromatic carbocycles. The monoisotopic (exact) mass is 597 g/mol. The van der Waals surface area contributed by atoms with Crippen molar-refractivity contribution in [3.63, 3.8) is 0 Å². The Labute approximate surface area is 249 Å². The lowest BCUT2D eigenvalue weighted by molar-refractivity contribution is -0.140. The van der Waals surface area contributed by atoms with Crippen LogP contribution < -0.4 is 9.62 Å². The van der Waals surface area contributed by atoms with Crippen LogP contribution in [0.15, 0.2) is 83.8 Å². The highest BCUT2D eigenvalue weighted by molar-refractivity contribution is 7.92. The number of sulfonamides is 1. The maximum Gasteiger partial charge on any atom is 0.264 e. The van der Waals surface area contributed by atoms with Gasteiger partial charge in [-0.25, -0.2) is 8.42 Å². The Morgan fingerprint density at radius 2 is 1.46 bits per heavy atom. The fourth-order valence-corrected chi connectivity index (χ4v) is 6.08. The molecule has 41 heavy (non-hydrogen) atoms. The van der Waals surface area contributed by atoms with Gasteiger partial charge in [-0.3, -0.25) is 13.9 Å². The van der Waals surface area contributed by atoms with E-state index in [1.165, 1.54) is 17.0 Å². The first-order valence-corrected chi connectivity index (χ1v) is 15.8. The lowest BCUT2D eigenvalue weighted by atomic mass is 10.0. The Bertz CT molecular complexity index is 1410. The largest absolute Gasteiger partial charge is 0.352 e. The number of hydrogen-bond acceptors (Lipinski definition) is 4. The van der Waals surface area contributed by atoms with E-state index in [-0.39, 0.29) is 29.3 Å². The molecule has 2 atom stereocenters. The summed E-state index contributed by atoms with van der Waals surface area (Å²) in [5, 5.41) is 3.44. The number of carbonyl (C=O) groups excluding carboxylic acids is 2. The molecule has 0 unspecified atom stereocenters. The van der Waals surface area contributed by atoms with Crippen LogP contribution in [0.2, 0.25) is 5.02 Å². The van der Waals surface area contributed by atoms with Gasteiger partial charge in [-0.1, -0.05) is 87.8 Å². The molecule has 0 aliphatic heterocycles. The van der Waals surface area contributed by atoms with Crippen molar-refractivity contribution in [2.45, 2.75) is 76.9 Å². The molecule has 1 N–H and O–H groups in total. The van der Waals surface area contributed by atoms with Crippen LogP contribution in [-0.2, 0) is 26.2 Å². The van der Waals surface area contributed by atoms with E-state index in [4.69, 9.17) is 11.6 Å². The van der Waals surface area contributed by atoms with Crippen LogP contribution in [0.1, 0.15) is 64.5 Å². The van der Waals surface area contributed by atoms with Gasteiger partial charge in [0.05, 0.1) is 10.6 Å². The van der Waals surface area contributed by atoms with Crippen molar-refractivity contribution in [2.24, 2.45) is 0 Å². The third-order valence-corrected chi connectivity index (χ3v) is 9.30. The normalized spacial score (nSPS) is 13.0. The van der Waals surface area contributed by atoms with E-state index in [1.807, 2.05) is 39.0 Å². The average molecular weight is 598 g/mol. The molecule has 3 rings (SSSR count). The molecule has 0 bridgehead atoms. The van der Waals surface area contributed by atoms with Crippen molar-refractivity contribution in [2.75, 3.05) is 10.8 Å². The molecule has 9 heteroatoms. The second kappa shape index (κ2) is 14.5. The zero-order chi connectivity index (χ0) is 30.2. The quantitative estimate of drug-likeness (QED) is 0.248. The van der Waals surface area contributed by atoms with E-state index >= 15 is 0 Å². The van der Waals surface area contributed by atoms with Crippen LogP contribution in [0, 0.1) is 0 Å². The lowest BCUT2D eigenvalue weighted by Crippen LogP contribution is -2.53. The molecule has 0 aliphatic rings. The molecule has 0 aromatic heterocycles. The Morgan fingerprint density at radius 1 is 0.854 bits per heavy atom. The van der Waals surface area contributed by atoms with Gasteiger partial charge in [-0.05, 0) is 67.1 Å². The number of halogens is 1. The molecule has 0 radical (unpaired) electrons. The van der Waals surface area contributed by atoms with Gasteiger partial charge in [0.15, 0.2) is 0 Å². The SMILES string of the molecule is CC[C@@H](C)NC(=O)[C@H](CC)N(Cc1ccccc1Cl)C(=O)CN(c1ccc(C(C)C)cc1)S(=O)(=O)c1ccccc1. The summed E-state index contributed by atoms with van der Waals surface area (Å²) in [5.74, 6) is -0.546. The topological polar surface area (TPSA) is 86.8 Å². The van der Waals surface area contributed by atoms with Crippen LogP contribution in [0.3, 0.4) is 0 Å². The molecule has 220 valence electrons. The number of nitrogens with zero attached hydrogens (tertiary/aromatic N) is 2. The van der Waals surface area contributed by atoms with E-state index < -0.39 is 28.5 Å². The first-order chi connectivity index (χ1) is 19.5. The van der Waals surface area contributed by atoms with Crippen molar-refractivity contribution in [1.82, 2.24) is 10.2 Å². The fraction of sp³-hybridized carbons (Fsp3) is 0.375. The summed E-state index contributed by atoms with van der Waals surface area (Å²) in [4.78, 5) is 29.0. The standard InChI is InChI=1S/C32H40ClN3O4S/c1-6-24(5)34-32(38)30(7-2)35(21-26-13-11-12-16-29(26)33)31(37)22-36(27-19-17-25(18-20-27)23(3)4)41(39,40)28-14-9-8-10-15-28/h8-20,23-24,30H,6-7,21-22H2,1-5H3,(H,34,38)/t24-,30+/m1/s1. The number of rotatable bonds is 13. The van der Waals surface area contributed by atoms with Crippen molar-refractivity contribution >= 4 is 39.1 Å². The summed E-state index contributed by atoms with van der Waals surface area (Å²) in [5.41, 5.74) is 2.07. The van der Waals surface area contributed by atoms with Gasteiger partial charge in [0.1, 0.15) is 12.6 Å². The van der Waals surface area contributed by atoms with Crippen LogP contribution >= 0.6 is 11.6 Å². The molecular formula is C32H40ClN3O4S. The number of benzene rings is 3. The predicted octanol–water partition coefficient (Wildman–Crippen LogP) is 6.38. The summed E-state index contributed by atoms with van der Waals surface area (Å²) in [7, 11) is -4.11. The Morgan fingerprint density at radius 3 is 2.02 bits per heavy atom. The summed E-state index contributed by atoms with van der Waals surface area (Å²) < 4.78 is 29.0. The Hall–Kier alpha value is -3.36. The Balaban J connectivity index is 2.07. The van der Waals surface area contributed by atoms with Crippen LogP contribution in [0.4, 0.5) is 5.69 Å². The summed E-state index contributed by atoms with van der Waals surface area (Å²) in [6.45, 7) is 9.37. The molecule has 0 saturated carbocycles.